The summed E-state index contributed by atoms with van der Waals surface area (Å²) in [6.07, 6.45) is 2.79. The fourth-order valence-electron chi connectivity index (χ4n) is 2.11. The minimum Gasteiger partial charge on any atom is -0.290 e. The van der Waals surface area contributed by atoms with Gasteiger partial charge in [-0.15, -0.1) is 0 Å². The summed E-state index contributed by atoms with van der Waals surface area (Å²) in [5.74, 6) is 0.973. The van der Waals surface area contributed by atoms with Gasteiger partial charge >= 0.3 is 5.69 Å². The highest BCUT2D eigenvalue weighted by atomic mass is 32.2. The Morgan fingerprint density at radius 1 is 1.29 bits per heavy atom. The number of imidazole rings is 1. The summed E-state index contributed by atoms with van der Waals surface area (Å²) in [5.41, 5.74) is 2.26. The van der Waals surface area contributed by atoms with Gasteiger partial charge in [-0.3, -0.25) is 9.55 Å². The molecule has 0 amide bonds. The average molecular weight is 300 g/mol. The molecule has 0 aliphatic rings. The van der Waals surface area contributed by atoms with Gasteiger partial charge in [0, 0.05) is 5.75 Å². The van der Waals surface area contributed by atoms with Crippen molar-refractivity contribution in [2.45, 2.75) is 25.0 Å². The lowest BCUT2D eigenvalue weighted by atomic mass is 10.2. The van der Waals surface area contributed by atoms with Gasteiger partial charge in [0.2, 0.25) is 0 Å². The highest BCUT2D eigenvalue weighted by Crippen LogP contribution is 2.16. The first-order valence-electron chi connectivity index (χ1n) is 6.90. The maximum Gasteiger partial charge on any atom is 0.328 e. The number of hydrogen-bond acceptors (Lipinski definition) is 4. The van der Waals surface area contributed by atoms with Gasteiger partial charge in [0.25, 0.3) is 0 Å². The predicted molar refractivity (Wildman–Crippen MR) is 84.7 cm³/mol. The monoisotopic (exact) mass is 300 g/mol. The van der Waals surface area contributed by atoms with E-state index in [0.29, 0.717) is 17.3 Å². The van der Waals surface area contributed by atoms with Crippen LogP contribution in [0, 0.1) is 0 Å². The number of hydrogen-bond donors (Lipinski definition) is 1. The number of benzene rings is 1. The Kier molecular flexibility index (Phi) is 4.06. The Morgan fingerprint density at radius 2 is 2.10 bits per heavy atom. The molecule has 0 spiro atoms. The van der Waals surface area contributed by atoms with Gasteiger partial charge in [0.1, 0.15) is 5.52 Å². The minimum absolute atomic E-state index is 0.152. The molecule has 1 aromatic carbocycles. The molecule has 0 unspecified atom stereocenters. The third kappa shape index (κ3) is 3.00. The molecule has 3 rings (SSSR count). The Morgan fingerprint density at radius 3 is 2.86 bits per heavy atom. The number of aromatic amines is 1. The van der Waals surface area contributed by atoms with Crippen LogP contribution in [0.15, 0.2) is 46.5 Å². The Balaban J connectivity index is 1.96. The molecule has 2 heterocycles. The van der Waals surface area contributed by atoms with Crippen molar-refractivity contribution in [3.63, 3.8) is 0 Å². The number of rotatable bonds is 5. The predicted octanol–water partition coefficient (Wildman–Crippen LogP) is 2.67. The molecule has 0 atom stereocenters. The van der Waals surface area contributed by atoms with Crippen LogP contribution in [0.4, 0.5) is 0 Å². The number of nitrogens with zero attached hydrogens (tertiary/aromatic N) is 3. The summed E-state index contributed by atoms with van der Waals surface area (Å²) in [6.45, 7) is 2.63. The molecule has 2 aromatic heterocycles. The number of aromatic nitrogens is 4. The van der Waals surface area contributed by atoms with Gasteiger partial charge in [0.15, 0.2) is 10.8 Å². The quantitative estimate of drug-likeness (QED) is 0.581. The summed E-state index contributed by atoms with van der Waals surface area (Å²) in [4.78, 5) is 23.7. The third-order valence-electron chi connectivity index (χ3n) is 3.13. The number of thioether (sulfide) groups is 1. The number of H-pyrrole nitrogens is 1. The molecule has 3 aromatic rings. The standard InChI is InChI=1S/C15H16N4OS/c1-2-8-21-14-16-9-12-13(17-14)18-15(20)19(12)10-11-6-4-3-5-7-11/h3-7,9H,2,8,10H2,1H3,(H,16,17,18,20). The van der Waals surface area contributed by atoms with Crippen molar-refractivity contribution >= 4 is 22.9 Å². The van der Waals surface area contributed by atoms with Crippen LogP contribution in [0.5, 0.6) is 0 Å². The smallest absolute Gasteiger partial charge is 0.290 e. The molecule has 5 nitrogen and oxygen atoms in total. The topological polar surface area (TPSA) is 63.6 Å². The molecule has 0 saturated heterocycles. The fourth-order valence-corrected chi connectivity index (χ4v) is 2.78. The zero-order chi connectivity index (χ0) is 14.7. The first-order chi connectivity index (χ1) is 10.3. The number of nitrogens with one attached hydrogen (secondary N) is 1. The minimum atomic E-state index is -0.152. The van der Waals surface area contributed by atoms with Gasteiger partial charge in [-0.25, -0.2) is 14.8 Å². The van der Waals surface area contributed by atoms with Crippen molar-refractivity contribution in [3.8, 4) is 0 Å². The second kappa shape index (κ2) is 6.13. The van der Waals surface area contributed by atoms with E-state index in [4.69, 9.17) is 0 Å². The maximum absolute atomic E-state index is 12.1. The van der Waals surface area contributed by atoms with Crippen LogP contribution in [0.25, 0.3) is 11.2 Å². The Labute approximate surface area is 126 Å². The highest BCUT2D eigenvalue weighted by molar-refractivity contribution is 7.99. The lowest BCUT2D eigenvalue weighted by Gasteiger charge is -2.03. The molecule has 21 heavy (non-hydrogen) atoms. The van der Waals surface area contributed by atoms with E-state index in [0.717, 1.165) is 23.3 Å². The first kappa shape index (κ1) is 13.9. The molecule has 108 valence electrons. The van der Waals surface area contributed by atoms with Crippen molar-refractivity contribution in [1.82, 2.24) is 19.5 Å². The zero-order valence-corrected chi connectivity index (χ0v) is 12.6. The fraction of sp³-hybridized carbons (Fsp3) is 0.267. The maximum atomic E-state index is 12.1. The summed E-state index contributed by atoms with van der Waals surface area (Å²) in [5, 5.41) is 0.706. The normalized spacial score (nSPS) is 11.1. The van der Waals surface area contributed by atoms with Crippen LogP contribution in [0.2, 0.25) is 0 Å². The molecule has 1 N–H and O–H groups in total. The van der Waals surface area contributed by atoms with E-state index < -0.39 is 0 Å². The van der Waals surface area contributed by atoms with Crippen LogP contribution in [0.1, 0.15) is 18.9 Å². The number of fused-ring (bicyclic) bond motifs is 1. The highest BCUT2D eigenvalue weighted by Gasteiger charge is 2.10. The van der Waals surface area contributed by atoms with E-state index in [1.807, 2.05) is 30.3 Å². The van der Waals surface area contributed by atoms with Gasteiger partial charge < -0.3 is 0 Å². The molecular formula is C15H16N4OS. The molecule has 0 saturated carbocycles. The summed E-state index contributed by atoms with van der Waals surface area (Å²) < 4.78 is 1.67. The van der Waals surface area contributed by atoms with Crippen LogP contribution in [-0.2, 0) is 6.54 Å². The van der Waals surface area contributed by atoms with Crippen molar-refractivity contribution in [3.05, 3.63) is 52.6 Å². The summed E-state index contributed by atoms with van der Waals surface area (Å²) in [6, 6.07) is 9.88. The van der Waals surface area contributed by atoms with Gasteiger partial charge in [-0.1, -0.05) is 49.0 Å². The van der Waals surface area contributed by atoms with Crippen LogP contribution < -0.4 is 5.69 Å². The van der Waals surface area contributed by atoms with Gasteiger partial charge in [-0.2, -0.15) is 0 Å². The summed E-state index contributed by atoms with van der Waals surface area (Å²) >= 11 is 1.60. The second-order valence-electron chi connectivity index (χ2n) is 4.74. The van der Waals surface area contributed by atoms with Crippen LogP contribution in [0.3, 0.4) is 0 Å². The van der Waals surface area contributed by atoms with Crippen molar-refractivity contribution in [2.24, 2.45) is 0 Å². The first-order valence-corrected chi connectivity index (χ1v) is 7.89. The SMILES string of the molecule is CCCSc1ncc2c(n1)[nH]c(=O)n2Cc1ccccc1. The van der Waals surface area contributed by atoms with Crippen molar-refractivity contribution < 1.29 is 0 Å². The summed E-state index contributed by atoms with van der Waals surface area (Å²) in [7, 11) is 0. The lowest BCUT2D eigenvalue weighted by molar-refractivity contribution is 0.785. The molecule has 6 heteroatoms. The lowest BCUT2D eigenvalue weighted by Crippen LogP contribution is -2.17. The van der Waals surface area contributed by atoms with E-state index >= 15 is 0 Å². The van der Waals surface area contributed by atoms with E-state index in [2.05, 4.69) is 21.9 Å². The van der Waals surface area contributed by atoms with E-state index in [1.54, 1.807) is 22.5 Å². The van der Waals surface area contributed by atoms with Crippen molar-refractivity contribution in [2.75, 3.05) is 5.75 Å². The largest absolute Gasteiger partial charge is 0.328 e. The van der Waals surface area contributed by atoms with Crippen LogP contribution in [-0.4, -0.2) is 25.3 Å². The molecule has 0 aliphatic heterocycles. The Hall–Kier alpha value is -2.08. The van der Waals surface area contributed by atoms with Crippen molar-refractivity contribution in [1.29, 1.82) is 0 Å². The second-order valence-corrected chi connectivity index (χ2v) is 5.80. The average Bonchev–Trinajstić information content (AvgIpc) is 2.81. The van der Waals surface area contributed by atoms with E-state index in [1.165, 1.54) is 0 Å². The molecule has 0 fully saturated rings. The molecule has 0 aliphatic carbocycles. The van der Waals surface area contributed by atoms with Gasteiger partial charge in [0.05, 0.1) is 12.7 Å². The third-order valence-corrected chi connectivity index (χ3v) is 4.19. The molecule has 0 radical (unpaired) electrons. The zero-order valence-electron chi connectivity index (χ0n) is 11.7. The van der Waals surface area contributed by atoms with E-state index in [9.17, 15) is 4.79 Å². The van der Waals surface area contributed by atoms with E-state index in [-0.39, 0.29) is 5.69 Å². The molecular weight excluding hydrogens is 284 g/mol. The van der Waals surface area contributed by atoms with Crippen LogP contribution >= 0.6 is 11.8 Å². The van der Waals surface area contributed by atoms with Gasteiger partial charge in [-0.05, 0) is 12.0 Å². The molecule has 0 bridgehead atoms. The Bertz CT molecular complexity index is 794.